The molecule has 0 bridgehead atoms. The lowest BCUT2D eigenvalue weighted by atomic mass is 10.2. The predicted molar refractivity (Wildman–Crippen MR) is 74.2 cm³/mol. The zero-order chi connectivity index (χ0) is 14.9. The first-order chi connectivity index (χ1) is 10.0. The fourth-order valence-electron chi connectivity index (χ4n) is 1.85. The van der Waals surface area contributed by atoms with Gasteiger partial charge in [-0.05, 0) is 29.8 Å². The van der Waals surface area contributed by atoms with Gasteiger partial charge in [-0.1, -0.05) is 6.07 Å². The van der Waals surface area contributed by atoms with Crippen LogP contribution in [0.1, 0.15) is 5.56 Å². The van der Waals surface area contributed by atoms with Crippen molar-refractivity contribution in [1.82, 2.24) is 4.98 Å². The van der Waals surface area contributed by atoms with Gasteiger partial charge in [0.25, 0.3) is 9.05 Å². The van der Waals surface area contributed by atoms with E-state index in [9.17, 15) is 8.42 Å². The Morgan fingerprint density at radius 1 is 1.24 bits per heavy atom. The Balaban J connectivity index is 1.80. The number of hydrogen-bond acceptors (Lipinski definition) is 6. The molecule has 8 heteroatoms. The van der Waals surface area contributed by atoms with E-state index in [2.05, 4.69) is 4.98 Å². The molecule has 0 amide bonds. The van der Waals surface area contributed by atoms with E-state index in [1.165, 1.54) is 18.3 Å². The monoisotopic (exact) mass is 327 g/mol. The van der Waals surface area contributed by atoms with Crippen molar-refractivity contribution in [2.45, 2.75) is 11.5 Å². The minimum Gasteiger partial charge on any atom is -0.472 e. The summed E-state index contributed by atoms with van der Waals surface area (Å²) >= 11 is 0. The average molecular weight is 328 g/mol. The molecule has 0 fully saturated rings. The summed E-state index contributed by atoms with van der Waals surface area (Å²) in [6.45, 7) is 0.321. The molecular weight excluding hydrogens is 318 g/mol. The van der Waals surface area contributed by atoms with Crippen LogP contribution in [0.4, 0.5) is 0 Å². The molecule has 1 aromatic carbocycles. The molecule has 2 aromatic rings. The second kappa shape index (κ2) is 5.42. The summed E-state index contributed by atoms with van der Waals surface area (Å²) in [4.78, 5) is 3.73. The summed E-state index contributed by atoms with van der Waals surface area (Å²) in [7, 11) is 1.43. The normalized spacial score (nSPS) is 13.2. The van der Waals surface area contributed by atoms with Crippen molar-refractivity contribution in [3.8, 4) is 17.4 Å². The summed E-state index contributed by atoms with van der Waals surface area (Å²) in [5.74, 6) is 1.26. The third-order valence-electron chi connectivity index (χ3n) is 2.81. The highest BCUT2D eigenvalue weighted by molar-refractivity contribution is 8.13. The number of hydrogen-bond donors (Lipinski definition) is 0. The maximum absolute atomic E-state index is 11.4. The van der Waals surface area contributed by atoms with Crippen molar-refractivity contribution in [1.29, 1.82) is 0 Å². The molecule has 0 N–H and O–H groups in total. The Morgan fingerprint density at radius 3 is 2.86 bits per heavy atom. The molecule has 0 atom stereocenters. The number of nitrogens with zero attached hydrogens (tertiary/aromatic N) is 1. The van der Waals surface area contributed by atoms with Crippen LogP contribution in [-0.2, 0) is 15.7 Å². The van der Waals surface area contributed by atoms with Crippen LogP contribution in [0.15, 0.2) is 41.4 Å². The number of ether oxygens (including phenoxy) is 3. The molecule has 2 heterocycles. The van der Waals surface area contributed by atoms with Gasteiger partial charge in [0.15, 0.2) is 11.5 Å². The van der Waals surface area contributed by atoms with Crippen LogP contribution in [0, 0.1) is 0 Å². The molecule has 0 unspecified atom stereocenters. The van der Waals surface area contributed by atoms with E-state index >= 15 is 0 Å². The Morgan fingerprint density at radius 2 is 2.05 bits per heavy atom. The first-order valence-corrected chi connectivity index (χ1v) is 8.26. The number of benzene rings is 1. The zero-order valence-corrected chi connectivity index (χ0v) is 12.2. The standard InChI is InChI=1S/C13H10ClNO5S/c14-21(16,17)12-2-1-5-15-13(12)18-7-9-3-4-10-11(6-9)20-8-19-10/h1-6H,7-8H2. The third-order valence-corrected chi connectivity index (χ3v) is 4.15. The molecule has 0 radical (unpaired) electrons. The van der Waals surface area contributed by atoms with Gasteiger partial charge in [0.1, 0.15) is 11.5 Å². The van der Waals surface area contributed by atoms with Crippen LogP contribution in [0.25, 0.3) is 0 Å². The topological polar surface area (TPSA) is 74.7 Å². The van der Waals surface area contributed by atoms with E-state index in [4.69, 9.17) is 24.9 Å². The predicted octanol–water partition coefficient (Wildman–Crippen LogP) is 2.32. The Labute approximate surface area is 125 Å². The maximum Gasteiger partial charge on any atom is 0.266 e. The van der Waals surface area contributed by atoms with Crippen LogP contribution in [0.2, 0.25) is 0 Å². The first-order valence-electron chi connectivity index (χ1n) is 5.95. The quantitative estimate of drug-likeness (QED) is 0.802. The number of halogens is 1. The minimum absolute atomic E-state index is 0.0369. The largest absolute Gasteiger partial charge is 0.472 e. The van der Waals surface area contributed by atoms with E-state index in [-0.39, 0.29) is 24.2 Å². The number of pyridine rings is 1. The second-order valence-electron chi connectivity index (χ2n) is 4.22. The second-order valence-corrected chi connectivity index (χ2v) is 6.76. The smallest absolute Gasteiger partial charge is 0.266 e. The summed E-state index contributed by atoms with van der Waals surface area (Å²) in [5, 5.41) is 0. The Kier molecular flexibility index (Phi) is 3.60. The first kappa shape index (κ1) is 14.0. The Bertz CT molecular complexity index is 778. The third kappa shape index (κ3) is 3.03. The fourth-order valence-corrected chi connectivity index (χ4v) is 2.77. The number of rotatable bonds is 4. The van der Waals surface area contributed by atoms with Crippen LogP contribution in [0.3, 0.4) is 0 Å². The number of aromatic nitrogens is 1. The molecule has 0 aliphatic carbocycles. The van der Waals surface area contributed by atoms with Gasteiger partial charge in [-0.15, -0.1) is 0 Å². The van der Waals surface area contributed by atoms with Gasteiger partial charge in [0.2, 0.25) is 12.7 Å². The summed E-state index contributed by atoms with van der Waals surface area (Å²) in [6, 6.07) is 8.14. The number of fused-ring (bicyclic) bond motifs is 1. The molecule has 1 aliphatic heterocycles. The lowest BCUT2D eigenvalue weighted by molar-refractivity contribution is 0.174. The van der Waals surface area contributed by atoms with Crippen molar-refractivity contribution >= 4 is 19.7 Å². The molecular formula is C13H10ClNO5S. The molecule has 1 aliphatic rings. The molecule has 6 nitrogen and oxygen atoms in total. The van der Waals surface area contributed by atoms with E-state index in [0.29, 0.717) is 11.5 Å². The lowest BCUT2D eigenvalue weighted by Crippen LogP contribution is -2.02. The molecule has 0 saturated carbocycles. The fraction of sp³-hybridized carbons (Fsp3) is 0.154. The summed E-state index contributed by atoms with van der Waals surface area (Å²) in [6.07, 6.45) is 1.43. The van der Waals surface area contributed by atoms with Crippen LogP contribution in [-0.4, -0.2) is 20.2 Å². The van der Waals surface area contributed by atoms with Crippen molar-refractivity contribution in [2.24, 2.45) is 0 Å². The van der Waals surface area contributed by atoms with E-state index in [1.54, 1.807) is 18.2 Å². The van der Waals surface area contributed by atoms with Crippen molar-refractivity contribution < 1.29 is 22.6 Å². The molecule has 0 saturated heterocycles. The van der Waals surface area contributed by atoms with Gasteiger partial charge < -0.3 is 14.2 Å². The van der Waals surface area contributed by atoms with Crippen LogP contribution < -0.4 is 14.2 Å². The van der Waals surface area contributed by atoms with Gasteiger partial charge >= 0.3 is 0 Å². The highest BCUT2D eigenvalue weighted by Gasteiger charge is 2.18. The highest BCUT2D eigenvalue weighted by atomic mass is 35.7. The van der Waals surface area contributed by atoms with E-state index < -0.39 is 9.05 Å². The molecule has 21 heavy (non-hydrogen) atoms. The SMILES string of the molecule is O=S(=O)(Cl)c1cccnc1OCc1ccc2c(c1)OCO2. The minimum atomic E-state index is -3.91. The molecule has 1 aromatic heterocycles. The van der Waals surface area contributed by atoms with E-state index in [0.717, 1.165) is 5.56 Å². The molecule has 0 spiro atoms. The van der Waals surface area contributed by atoms with Gasteiger partial charge in [-0.25, -0.2) is 13.4 Å². The summed E-state index contributed by atoms with van der Waals surface area (Å²) < 4.78 is 38.8. The average Bonchev–Trinajstić information content (AvgIpc) is 2.92. The molecule has 3 rings (SSSR count). The van der Waals surface area contributed by atoms with Gasteiger partial charge in [-0.3, -0.25) is 0 Å². The molecule has 110 valence electrons. The lowest BCUT2D eigenvalue weighted by Gasteiger charge is -2.08. The van der Waals surface area contributed by atoms with Crippen molar-refractivity contribution in [2.75, 3.05) is 6.79 Å². The zero-order valence-electron chi connectivity index (χ0n) is 10.7. The summed E-state index contributed by atoms with van der Waals surface area (Å²) in [5.41, 5.74) is 0.794. The van der Waals surface area contributed by atoms with Crippen molar-refractivity contribution in [3.05, 3.63) is 42.1 Å². The van der Waals surface area contributed by atoms with Gasteiger partial charge in [-0.2, -0.15) is 0 Å². The van der Waals surface area contributed by atoms with Crippen LogP contribution >= 0.6 is 10.7 Å². The van der Waals surface area contributed by atoms with E-state index in [1.807, 2.05) is 0 Å². The van der Waals surface area contributed by atoms with Gasteiger partial charge in [0, 0.05) is 16.9 Å². The van der Waals surface area contributed by atoms with Crippen LogP contribution in [0.5, 0.6) is 17.4 Å². The highest BCUT2D eigenvalue weighted by Crippen LogP contribution is 2.33. The Hall–Kier alpha value is -1.99. The maximum atomic E-state index is 11.4. The van der Waals surface area contributed by atoms with Gasteiger partial charge in [0.05, 0.1) is 0 Å². The van der Waals surface area contributed by atoms with Crippen molar-refractivity contribution in [3.63, 3.8) is 0 Å².